The first-order valence-electron chi connectivity index (χ1n) is 9.35. The fourth-order valence-electron chi connectivity index (χ4n) is 3.24. The molecule has 0 aliphatic heterocycles. The summed E-state index contributed by atoms with van der Waals surface area (Å²) in [6, 6.07) is 6.04. The van der Waals surface area contributed by atoms with Gasteiger partial charge >= 0.3 is 0 Å². The molecule has 0 unspecified atom stereocenters. The first-order valence-corrected chi connectivity index (χ1v) is 10.9. The number of nitrogens with one attached hydrogen (secondary N) is 1. The average molecular weight is 471 g/mol. The number of imidazole rings is 1. The zero-order valence-electron chi connectivity index (χ0n) is 16.0. The number of fused-ring (bicyclic) bond motifs is 1. The van der Waals surface area contributed by atoms with Crippen molar-refractivity contribution in [2.45, 2.75) is 48.8 Å². The number of nitrogens with zero attached hydrogens (tertiary/aromatic N) is 4. The molecular weight excluding hydrogens is 447 g/mol. The second kappa shape index (κ2) is 9.75. The molecule has 0 amide bonds. The molecule has 1 fully saturated rings. The number of aromatic nitrogens is 4. The molecule has 3 N–H and O–H groups in total. The van der Waals surface area contributed by atoms with Crippen LogP contribution in [-0.4, -0.2) is 32.1 Å². The first kappa shape index (κ1) is 22.5. The van der Waals surface area contributed by atoms with Gasteiger partial charge in [0.05, 0.1) is 0 Å². The monoisotopic (exact) mass is 470 g/mol. The van der Waals surface area contributed by atoms with Crippen molar-refractivity contribution in [2.24, 2.45) is 5.92 Å². The third-order valence-corrected chi connectivity index (χ3v) is 6.33. The quantitative estimate of drug-likeness (QED) is 0.461. The molecule has 10 heteroatoms. The molecule has 4 rings (SSSR count). The highest BCUT2D eigenvalue weighted by atomic mass is 35.5. The van der Waals surface area contributed by atoms with Crippen molar-refractivity contribution in [1.29, 1.82) is 0 Å². The van der Waals surface area contributed by atoms with E-state index in [1.54, 1.807) is 6.07 Å². The maximum absolute atomic E-state index is 6.15. The molecule has 156 valence electrons. The van der Waals surface area contributed by atoms with Crippen LogP contribution in [0.15, 0.2) is 34.6 Å². The van der Waals surface area contributed by atoms with Gasteiger partial charge in [-0.15, -0.1) is 0 Å². The van der Waals surface area contributed by atoms with E-state index >= 15 is 0 Å². The highest BCUT2D eigenvalue weighted by Crippen LogP contribution is 2.34. The predicted molar refractivity (Wildman–Crippen MR) is 126 cm³/mol. The number of nitrogen functional groups attached to an aromatic ring is 1. The lowest BCUT2D eigenvalue weighted by Crippen LogP contribution is -2.29. The van der Waals surface area contributed by atoms with Gasteiger partial charge in [0.15, 0.2) is 22.1 Å². The van der Waals surface area contributed by atoms with Crippen molar-refractivity contribution in [3.63, 3.8) is 0 Å². The number of aryl methyl sites for hydroxylation is 1. The van der Waals surface area contributed by atoms with E-state index in [2.05, 4.69) is 31.8 Å². The molecule has 0 bridgehead atoms. The molecule has 0 saturated heterocycles. The van der Waals surface area contributed by atoms with E-state index in [1.807, 2.05) is 12.1 Å². The van der Waals surface area contributed by atoms with Crippen molar-refractivity contribution in [1.82, 2.24) is 24.8 Å². The van der Waals surface area contributed by atoms with Crippen LogP contribution in [0.5, 0.6) is 0 Å². The van der Waals surface area contributed by atoms with Crippen molar-refractivity contribution in [3.05, 3.63) is 34.6 Å². The van der Waals surface area contributed by atoms with E-state index in [4.69, 9.17) is 28.9 Å². The molecule has 3 aromatic rings. The molecule has 29 heavy (non-hydrogen) atoms. The van der Waals surface area contributed by atoms with E-state index in [-0.39, 0.29) is 13.5 Å². The Morgan fingerprint density at radius 3 is 2.66 bits per heavy atom. The predicted octanol–water partition coefficient (Wildman–Crippen LogP) is 4.76. The second-order valence-electron chi connectivity index (χ2n) is 7.12. The minimum Gasteiger partial charge on any atom is -0.382 e. The Morgan fingerprint density at radius 1 is 1.24 bits per heavy atom. The Morgan fingerprint density at radius 2 is 1.97 bits per heavy atom. The highest BCUT2D eigenvalue weighted by Gasteiger charge is 2.27. The lowest BCUT2D eigenvalue weighted by atomic mass is 10.2. The summed E-state index contributed by atoms with van der Waals surface area (Å²) >= 11 is 13.8. The van der Waals surface area contributed by atoms with Crippen LogP contribution in [-0.2, 0) is 6.54 Å². The van der Waals surface area contributed by atoms with Gasteiger partial charge in [0.2, 0.25) is 0 Å². The van der Waals surface area contributed by atoms with Gasteiger partial charge in [0.25, 0.3) is 0 Å². The van der Waals surface area contributed by atoms with Crippen LogP contribution in [0.4, 0.5) is 5.82 Å². The van der Waals surface area contributed by atoms with Crippen LogP contribution in [0.2, 0.25) is 10.0 Å². The maximum Gasteiger partial charge on any atom is 0.175 e. The second-order valence-corrected chi connectivity index (χ2v) is 9.03. The van der Waals surface area contributed by atoms with Crippen LogP contribution in [0.3, 0.4) is 0 Å². The third-order valence-electron chi connectivity index (χ3n) is 4.92. The maximum atomic E-state index is 6.15. The molecule has 1 aliphatic carbocycles. The fourth-order valence-corrected chi connectivity index (χ4v) is 4.90. The Bertz CT molecular complexity index is 972. The van der Waals surface area contributed by atoms with Crippen molar-refractivity contribution in [3.8, 4) is 0 Å². The normalized spacial score (nSPS) is 14.7. The van der Waals surface area contributed by atoms with Crippen molar-refractivity contribution < 1.29 is 0 Å². The zero-order chi connectivity index (χ0) is 19.7. The standard InChI is InChI=1S/C19H22Cl2N6S.H2S/c1-11(12-3-4-12)23-5-2-6-27-18-16(17(22)24-10-25-18)26-19(27)28-15-8-13(20)7-14(21)9-15;/h7-12,23H,2-6H2,1H3,(H2,22,24,25);1H2/t11-;/m0./s1. The smallest absolute Gasteiger partial charge is 0.175 e. The number of benzene rings is 1. The zero-order valence-corrected chi connectivity index (χ0v) is 19.4. The lowest BCUT2D eigenvalue weighted by molar-refractivity contribution is 0.471. The van der Waals surface area contributed by atoms with E-state index in [9.17, 15) is 0 Å². The number of rotatable bonds is 8. The number of hydrogen-bond donors (Lipinski definition) is 2. The summed E-state index contributed by atoms with van der Waals surface area (Å²) in [5.41, 5.74) is 7.40. The lowest BCUT2D eigenvalue weighted by Gasteiger charge is -2.13. The van der Waals surface area contributed by atoms with Crippen LogP contribution < -0.4 is 11.1 Å². The summed E-state index contributed by atoms with van der Waals surface area (Å²) < 4.78 is 2.09. The minimum absolute atomic E-state index is 0. The molecule has 2 heterocycles. The van der Waals surface area contributed by atoms with Gasteiger partial charge < -0.3 is 15.6 Å². The average Bonchev–Trinajstić information content (AvgIpc) is 3.42. The minimum atomic E-state index is 0. The third kappa shape index (κ3) is 5.49. The van der Waals surface area contributed by atoms with Crippen LogP contribution in [0.1, 0.15) is 26.2 Å². The van der Waals surface area contributed by atoms with Crippen molar-refractivity contribution in [2.75, 3.05) is 12.3 Å². The molecule has 0 spiro atoms. The van der Waals surface area contributed by atoms with Gasteiger partial charge in [0, 0.05) is 27.5 Å². The summed E-state index contributed by atoms with van der Waals surface area (Å²) in [5, 5.41) is 5.60. The SMILES string of the molecule is C[C@H](NCCCn1c(Sc2cc(Cl)cc(Cl)c2)nc2c(N)ncnc21)C1CC1.S. The van der Waals surface area contributed by atoms with E-state index in [0.29, 0.717) is 27.4 Å². The van der Waals surface area contributed by atoms with Crippen LogP contribution in [0.25, 0.3) is 11.2 Å². The molecule has 2 aromatic heterocycles. The summed E-state index contributed by atoms with van der Waals surface area (Å²) in [6.45, 7) is 4.00. The molecule has 0 radical (unpaired) electrons. The molecule has 6 nitrogen and oxygen atoms in total. The van der Waals surface area contributed by atoms with Gasteiger partial charge in [-0.05, 0) is 56.8 Å². The van der Waals surface area contributed by atoms with E-state index in [1.165, 1.54) is 30.9 Å². The van der Waals surface area contributed by atoms with Gasteiger partial charge in [-0.25, -0.2) is 15.0 Å². The first-order chi connectivity index (χ1) is 13.5. The topological polar surface area (TPSA) is 81.7 Å². The Balaban J connectivity index is 0.00000240. The van der Waals surface area contributed by atoms with Gasteiger partial charge in [-0.3, -0.25) is 0 Å². The molecule has 1 saturated carbocycles. The van der Waals surface area contributed by atoms with Gasteiger partial charge in [-0.1, -0.05) is 35.0 Å². The number of anilines is 1. The number of halogens is 2. The van der Waals surface area contributed by atoms with Gasteiger partial charge in [-0.2, -0.15) is 13.5 Å². The van der Waals surface area contributed by atoms with E-state index < -0.39 is 0 Å². The van der Waals surface area contributed by atoms with Crippen LogP contribution in [0, 0.1) is 5.92 Å². The fraction of sp³-hybridized carbons (Fsp3) is 0.421. The van der Waals surface area contributed by atoms with Gasteiger partial charge in [0.1, 0.15) is 6.33 Å². The number of hydrogen-bond acceptors (Lipinski definition) is 6. The molecular formula is C19H24Cl2N6S2. The van der Waals surface area contributed by atoms with Crippen LogP contribution >= 0.6 is 48.5 Å². The summed E-state index contributed by atoms with van der Waals surface area (Å²) in [6.07, 6.45) is 5.14. The van der Waals surface area contributed by atoms with E-state index in [0.717, 1.165) is 41.1 Å². The summed E-state index contributed by atoms with van der Waals surface area (Å²) in [5.74, 6) is 1.23. The summed E-state index contributed by atoms with van der Waals surface area (Å²) in [7, 11) is 0. The number of nitrogens with two attached hydrogens (primary N) is 1. The highest BCUT2D eigenvalue weighted by molar-refractivity contribution is 7.99. The molecule has 1 atom stereocenters. The van der Waals surface area contributed by atoms with Crippen molar-refractivity contribution >= 4 is 65.4 Å². The summed E-state index contributed by atoms with van der Waals surface area (Å²) in [4.78, 5) is 14.1. The molecule has 1 aliphatic rings. The Hall–Kier alpha value is -1.19. The Labute approximate surface area is 191 Å². The molecule has 1 aromatic carbocycles. The Kier molecular flexibility index (Phi) is 7.56. The largest absolute Gasteiger partial charge is 0.382 e.